The zero-order chi connectivity index (χ0) is 14.6. The van der Waals surface area contributed by atoms with Crippen LogP contribution in [-0.2, 0) is 4.74 Å². The van der Waals surface area contributed by atoms with E-state index in [1.807, 2.05) is 0 Å². The maximum atomic E-state index is 5.92. The van der Waals surface area contributed by atoms with Crippen molar-refractivity contribution < 1.29 is 9.47 Å². The molecule has 1 atom stereocenters. The van der Waals surface area contributed by atoms with Crippen LogP contribution >= 0.6 is 0 Å². The molecule has 0 saturated carbocycles. The highest BCUT2D eigenvalue weighted by Crippen LogP contribution is 2.24. The van der Waals surface area contributed by atoms with Gasteiger partial charge in [0.05, 0.1) is 18.3 Å². The molecule has 0 spiro atoms. The van der Waals surface area contributed by atoms with Gasteiger partial charge in [-0.3, -0.25) is 0 Å². The summed E-state index contributed by atoms with van der Waals surface area (Å²) < 4.78 is 11.5. The molecule has 1 aromatic heterocycles. The van der Waals surface area contributed by atoms with Crippen molar-refractivity contribution in [1.29, 1.82) is 0 Å². The Hall–Kier alpha value is -1.40. The molecule has 1 unspecified atom stereocenters. The van der Waals surface area contributed by atoms with Crippen molar-refractivity contribution in [2.75, 3.05) is 31.1 Å². The molecule has 1 saturated heterocycles. The van der Waals surface area contributed by atoms with Gasteiger partial charge >= 0.3 is 0 Å². The van der Waals surface area contributed by atoms with Crippen LogP contribution in [0.25, 0.3) is 0 Å². The van der Waals surface area contributed by atoms with E-state index in [-0.39, 0.29) is 11.7 Å². The number of ether oxygens (including phenoxy) is 2. The zero-order valence-electron chi connectivity index (χ0n) is 12.5. The molecule has 2 heterocycles. The lowest BCUT2D eigenvalue weighted by molar-refractivity contribution is -0.0792. The van der Waals surface area contributed by atoms with Gasteiger partial charge in [-0.05, 0) is 20.3 Å². The SMILES string of the molecule is CCCOc1ccnc(N2CC(CN)OC(C)(C)C2)n1. The quantitative estimate of drug-likeness (QED) is 0.874. The van der Waals surface area contributed by atoms with Crippen molar-refractivity contribution in [2.24, 2.45) is 5.73 Å². The fraction of sp³-hybridized carbons (Fsp3) is 0.714. The Morgan fingerprint density at radius 1 is 1.55 bits per heavy atom. The highest BCUT2D eigenvalue weighted by Gasteiger charge is 2.34. The second-order valence-electron chi connectivity index (χ2n) is 5.66. The molecule has 1 aliphatic heterocycles. The second-order valence-corrected chi connectivity index (χ2v) is 5.66. The van der Waals surface area contributed by atoms with Gasteiger partial charge in [-0.2, -0.15) is 4.98 Å². The normalized spacial score (nSPS) is 21.8. The first kappa shape index (κ1) is 15.0. The van der Waals surface area contributed by atoms with Gasteiger partial charge in [0.25, 0.3) is 0 Å². The van der Waals surface area contributed by atoms with E-state index in [1.54, 1.807) is 12.3 Å². The average Bonchev–Trinajstić information content (AvgIpc) is 2.43. The number of aromatic nitrogens is 2. The van der Waals surface area contributed by atoms with Crippen LogP contribution in [0, 0.1) is 0 Å². The highest BCUT2D eigenvalue weighted by molar-refractivity contribution is 5.34. The third-order valence-corrected chi connectivity index (χ3v) is 3.10. The number of hydrogen-bond acceptors (Lipinski definition) is 6. The highest BCUT2D eigenvalue weighted by atomic mass is 16.5. The van der Waals surface area contributed by atoms with E-state index < -0.39 is 0 Å². The van der Waals surface area contributed by atoms with Gasteiger partial charge in [-0.25, -0.2) is 4.98 Å². The Morgan fingerprint density at radius 2 is 2.35 bits per heavy atom. The molecule has 6 heteroatoms. The van der Waals surface area contributed by atoms with Gasteiger partial charge < -0.3 is 20.1 Å². The first-order valence-electron chi connectivity index (χ1n) is 7.13. The predicted octanol–water partition coefficient (Wildman–Crippen LogP) is 1.21. The topological polar surface area (TPSA) is 73.5 Å². The van der Waals surface area contributed by atoms with Crippen molar-refractivity contribution in [1.82, 2.24) is 9.97 Å². The van der Waals surface area contributed by atoms with Crippen LogP contribution in [0.1, 0.15) is 27.2 Å². The van der Waals surface area contributed by atoms with E-state index in [1.165, 1.54) is 0 Å². The standard InChI is InChI=1S/C14H24N4O2/c1-4-7-19-12-5-6-16-13(17-12)18-9-11(8-15)20-14(2,3)10-18/h5-6,11H,4,7-10,15H2,1-3H3. The molecular weight excluding hydrogens is 256 g/mol. The first-order chi connectivity index (χ1) is 9.54. The molecule has 0 radical (unpaired) electrons. The van der Waals surface area contributed by atoms with Crippen LogP contribution in [0.2, 0.25) is 0 Å². The summed E-state index contributed by atoms with van der Waals surface area (Å²) in [5, 5.41) is 0. The summed E-state index contributed by atoms with van der Waals surface area (Å²) in [6, 6.07) is 1.78. The van der Waals surface area contributed by atoms with E-state index in [4.69, 9.17) is 15.2 Å². The van der Waals surface area contributed by atoms with Gasteiger partial charge in [0.15, 0.2) is 0 Å². The Morgan fingerprint density at radius 3 is 3.05 bits per heavy atom. The maximum absolute atomic E-state index is 5.92. The number of hydrogen-bond donors (Lipinski definition) is 1. The molecule has 0 amide bonds. The number of morpholine rings is 1. The molecule has 20 heavy (non-hydrogen) atoms. The van der Waals surface area contributed by atoms with Crippen LogP contribution in [0.4, 0.5) is 5.95 Å². The lowest BCUT2D eigenvalue weighted by Gasteiger charge is -2.42. The average molecular weight is 280 g/mol. The van der Waals surface area contributed by atoms with Crippen molar-refractivity contribution in [3.63, 3.8) is 0 Å². The molecule has 2 rings (SSSR count). The molecule has 0 aliphatic carbocycles. The molecule has 2 N–H and O–H groups in total. The lowest BCUT2D eigenvalue weighted by atomic mass is 10.1. The fourth-order valence-electron chi connectivity index (χ4n) is 2.34. The second kappa shape index (κ2) is 6.37. The van der Waals surface area contributed by atoms with E-state index >= 15 is 0 Å². The largest absolute Gasteiger partial charge is 0.478 e. The summed E-state index contributed by atoms with van der Waals surface area (Å²) in [4.78, 5) is 10.9. The molecule has 1 fully saturated rings. The van der Waals surface area contributed by atoms with Gasteiger partial charge in [-0.15, -0.1) is 0 Å². The predicted molar refractivity (Wildman–Crippen MR) is 78.0 cm³/mol. The monoisotopic (exact) mass is 280 g/mol. The Labute approximate surface area is 120 Å². The zero-order valence-corrected chi connectivity index (χ0v) is 12.5. The van der Waals surface area contributed by atoms with E-state index in [0.717, 1.165) is 13.0 Å². The Kier molecular flexibility index (Phi) is 4.77. The summed E-state index contributed by atoms with van der Waals surface area (Å²) in [7, 11) is 0. The van der Waals surface area contributed by atoms with Crippen molar-refractivity contribution in [3.8, 4) is 5.88 Å². The van der Waals surface area contributed by atoms with E-state index in [9.17, 15) is 0 Å². The van der Waals surface area contributed by atoms with Crippen LogP contribution in [0.15, 0.2) is 12.3 Å². The van der Waals surface area contributed by atoms with Crippen molar-refractivity contribution >= 4 is 5.95 Å². The van der Waals surface area contributed by atoms with Crippen LogP contribution in [0.5, 0.6) is 5.88 Å². The van der Waals surface area contributed by atoms with Crippen molar-refractivity contribution in [2.45, 2.75) is 38.9 Å². The summed E-state index contributed by atoms with van der Waals surface area (Å²) >= 11 is 0. The van der Waals surface area contributed by atoms with E-state index in [2.05, 4.69) is 35.6 Å². The molecular formula is C14H24N4O2. The molecule has 0 bridgehead atoms. The minimum absolute atomic E-state index is 0.00238. The third-order valence-electron chi connectivity index (χ3n) is 3.10. The third kappa shape index (κ3) is 3.80. The first-order valence-corrected chi connectivity index (χ1v) is 7.13. The summed E-state index contributed by atoms with van der Waals surface area (Å²) in [6.45, 7) is 8.78. The number of nitrogens with zero attached hydrogens (tertiary/aromatic N) is 3. The fourth-order valence-corrected chi connectivity index (χ4v) is 2.34. The van der Waals surface area contributed by atoms with Gasteiger partial charge in [0, 0.05) is 31.9 Å². The Bertz CT molecular complexity index is 439. The smallest absolute Gasteiger partial charge is 0.228 e. The molecule has 1 aliphatic rings. The van der Waals surface area contributed by atoms with Crippen LogP contribution in [0.3, 0.4) is 0 Å². The summed E-state index contributed by atoms with van der Waals surface area (Å²) in [5.41, 5.74) is 5.49. The molecule has 6 nitrogen and oxygen atoms in total. The Balaban J connectivity index is 2.13. The van der Waals surface area contributed by atoms with Gasteiger partial charge in [0.2, 0.25) is 11.8 Å². The maximum Gasteiger partial charge on any atom is 0.228 e. The summed E-state index contributed by atoms with van der Waals surface area (Å²) in [5.74, 6) is 1.29. The molecule has 0 aromatic carbocycles. The minimum atomic E-state index is -0.258. The number of nitrogens with two attached hydrogens (primary N) is 1. The minimum Gasteiger partial charge on any atom is -0.478 e. The number of anilines is 1. The van der Waals surface area contributed by atoms with Gasteiger partial charge in [-0.1, -0.05) is 6.92 Å². The van der Waals surface area contributed by atoms with E-state index in [0.29, 0.717) is 31.5 Å². The van der Waals surface area contributed by atoms with Crippen molar-refractivity contribution in [3.05, 3.63) is 12.3 Å². The van der Waals surface area contributed by atoms with Crippen LogP contribution < -0.4 is 15.4 Å². The molecule has 1 aromatic rings. The summed E-state index contributed by atoms with van der Waals surface area (Å²) in [6.07, 6.45) is 2.69. The van der Waals surface area contributed by atoms with Crippen LogP contribution in [-0.4, -0.2) is 47.9 Å². The lowest BCUT2D eigenvalue weighted by Crippen LogP contribution is -2.55. The van der Waals surface area contributed by atoms with Gasteiger partial charge in [0.1, 0.15) is 0 Å². The molecule has 112 valence electrons. The number of rotatable bonds is 5.